The fraction of sp³-hybridized carbons (Fsp3) is 0.649. The molecule has 0 amide bonds. The molecule has 0 saturated carbocycles. The number of terminal acetylenes is 2. The molecule has 5 aliphatic heterocycles. The number of methoxy groups -OCH3 is 4. The minimum absolute atomic E-state index is 0. The van der Waals surface area contributed by atoms with Crippen LogP contribution in [0.5, 0.6) is 23.0 Å². The molecular weight excluding hydrogens is 1370 g/mol. The molecule has 593 valence electrons. The van der Waals surface area contributed by atoms with Gasteiger partial charge < -0.3 is 90.2 Å². The Kier molecular flexibility index (Phi) is 107. The first-order valence-corrected chi connectivity index (χ1v) is 34.2. The Balaban J connectivity index is -0.0000000821. The summed E-state index contributed by atoms with van der Waals surface area (Å²) < 4.78 is 88.5. The zero-order chi connectivity index (χ0) is 76.1. The molecule has 25 nitrogen and oxygen atoms in total. The van der Waals surface area contributed by atoms with Crippen LogP contribution in [0.3, 0.4) is 0 Å². The van der Waals surface area contributed by atoms with E-state index in [4.69, 9.17) is 90.7 Å². The average molecular weight is 1510 g/mol. The van der Waals surface area contributed by atoms with Gasteiger partial charge in [-0.3, -0.25) is 23.5 Å². The summed E-state index contributed by atoms with van der Waals surface area (Å²) in [5.74, 6) is 10.9. The van der Waals surface area contributed by atoms with Crippen LogP contribution >= 0.6 is 9.90 Å². The Labute approximate surface area is 657 Å². The van der Waals surface area contributed by atoms with E-state index >= 15 is 0 Å². The summed E-state index contributed by atoms with van der Waals surface area (Å²) in [5.41, 5.74) is 7.64. The number of hydrogen-bond acceptors (Lipinski definition) is 23. The van der Waals surface area contributed by atoms with Crippen molar-refractivity contribution in [2.75, 3.05) is 68.1 Å². The smallest absolute Gasteiger partial charge is 1.00 e. The van der Waals surface area contributed by atoms with Crippen molar-refractivity contribution in [1.29, 1.82) is 0 Å². The first-order chi connectivity index (χ1) is 46.6. The number of aliphatic hydroxyl groups excluding tert-OH is 3. The maximum Gasteiger partial charge on any atom is 1.00 e. The Morgan fingerprint density at radius 2 is 1.09 bits per heavy atom. The molecule has 5 fully saturated rings. The molecule has 10 atom stereocenters. The number of ketones is 1. The van der Waals surface area contributed by atoms with Crippen molar-refractivity contribution in [2.24, 2.45) is 5.73 Å². The van der Waals surface area contributed by atoms with Crippen LogP contribution in [0.1, 0.15) is 192 Å². The van der Waals surface area contributed by atoms with Crippen LogP contribution in [0, 0.1) is 37.0 Å². The number of nitrogens with one attached hydrogen (secondary N) is 1. The predicted octanol–water partition coefficient (Wildman–Crippen LogP) is 5.02. The van der Waals surface area contributed by atoms with E-state index in [0.717, 1.165) is 137 Å². The third-order valence-corrected chi connectivity index (χ3v) is 12.9. The Morgan fingerprint density at radius 3 is 1.38 bits per heavy atom. The van der Waals surface area contributed by atoms with Crippen LogP contribution in [-0.2, 0) is 75.8 Å². The fourth-order valence-electron chi connectivity index (χ4n) is 8.22. The number of benzene rings is 2. The standard InChI is InChI=1S/C15H23NO3.C10H18O3.C9H13NO2.2C6H12O2.2C6H10O2.C4H8O.C4H6.C3H4.C2H4O.C2H2.CH4.B.2Li.H2O4S.H2O.H3P.H/c1-11-8-13(6-7-19-11)16-10-12-4-5-14(17-2)9-15(12)18-3;1-3-4-10(11)13-9-5-6-12-8(2)7-9;1-11-8-4-3-7(6-10)9(5-8)12-2;3*1-5-4-6(7)2-3-8-5;1-3-5-6(7)8-4-2;1-2-3-4-5;1-3-4-2;1-3-2;1-2-3;1-2;;;;;1-5(2,3)4;;;/h4-5,9,11,13,16H,6-8,10H2,1-3H3;8-9H,3-7H2,1-2H3;3-5H,6,10H2,1-2H3;2*5-7H,2-4H2,1H3;5H,2-4H2,1H3;4H,2-3,5H2,1H3;2,5H,1,3-4H2;1-2H3;1H,2H3;2H,1H3;1-2H;1H4;;;;(H2,1,2,3,4);1H2;1H3;/q;;;;;;;;;;;;;;2*+1;;;;-1/p-1/t11-,13-;8-,9-;;2*5-,6-;5-;;;;;;;;;;;;;;/m11.101............../s1. The van der Waals surface area contributed by atoms with Crippen molar-refractivity contribution < 1.29 is 149 Å². The molecule has 5 heterocycles. The van der Waals surface area contributed by atoms with Crippen molar-refractivity contribution in [1.82, 2.24) is 5.32 Å². The van der Waals surface area contributed by atoms with E-state index in [0.29, 0.717) is 69.8 Å². The quantitative estimate of drug-likeness (QED) is 0.0169. The molecule has 1 unspecified atom stereocenters. The molecule has 3 radical (unpaired) electrons. The largest absolute Gasteiger partial charge is 1.00 e. The second-order valence-electron chi connectivity index (χ2n) is 21.5. The molecule has 5 aliphatic rings. The molecule has 0 aromatic heterocycles. The summed E-state index contributed by atoms with van der Waals surface area (Å²) in [7, 11) is 1.93. The molecular formula is C74H133BLi2N2O23PS. The number of nitrogens with two attached hydrogens (primary N) is 1. The summed E-state index contributed by atoms with van der Waals surface area (Å²) in [6, 6.07) is 12.0. The van der Waals surface area contributed by atoms with E-state index in [9.17, 15) is 14.4 Å². The monoisotopic (exact) mass is 1510 g/mol. The maximum atomic E-state index is 11.2. The summed E-state index contributed by atoms with van der Waals surface area (Å²) in [5, 5.41) is 29.6. The molecule has 0 aliphatic carbocycles. The first kappa shape index (κ1) is 126. The normalized spacial score (nSPS) is 19.2. The Bertz CT molecular complexity index is 2520. The van der Waals surface area contributed by atoms with Crippen molar-refractivity contribution >= 4 is 52.7 Å². The van der Waals surface area contributed by atoms with E-state index in [-0.39, 0.29) is 132 Å². The van der Waals surface area contributed by atoms with E-state index in [1.807, 2.05) is 91.8 Å². The maximum absolute atomic E-state index is 11.2. The van der Waals surface area contributed by atoms with Gasteiger partial charge in [0.2, 0.25) is 0 Å². The van der Waals surface area contributed by atoms with Crippen molar-refractivity contribution in [2.45, 2.75) is 248 Å². The molecule has 9 N–H and O–H groups in total. The van der Waals surface area contributed by atoms with Crippen LogP contribution in [0.15, 0.2) is 61.9 Å². The van der Waals surface area contributed by atoms with Gasteiger partial charge in [-0.1, -0.05) is 46.1 Å². The number of carbonyl (C=O) groups excluding carboxylic acids is 4. The second-order valence-corrected chi connectivity index (χ2v) is 22.4. The molecule has 0 bridgehead atoms. The molecule has 104 heavy (non-hydrogen) atoms. The predicted molar refractivity (Wildman–Crippen MR) is 412 cm³/mol. The van der Waals surface area contributed by atoms with Gasteiger partial charge in [0.25, 0.3) is 0 Å². The number of aliphatic hydroxyl groups is 3. The van der Waals surface area contributed by atoms with Crippen molar-refractivity contribution in [3.05, 3.63) is 73.0 Å². The number of ether oxygens (including phenoxy) is 11. The number of esters is 2. The molecule has 2 aromatic carbocycles. The topological polar surface area (TPSA) is 373 Å². The SMILES string of the molecule is C.C#C.C#CC.C=CCCO.C=COC(=O)CCC.CC#CC.CC=O.CCCC(=O)O[C@@H]1CCO[C@H](C)C1.COc1ccc(CN)c(OC)c1.COc1ccc(CN[C@@H]2CCO[C@H](C)C2)c(OC)c1.C[C@@H]1CC(=O)CCO1.C[C@@H]1C[C@H](O)CCO1.C[C@H]1C[C@@H](O)CCO1.O=S(=O)(O)O.P.[B].[H-].[Li+].[Li+].[OH-]. The Hall–Kier alpha value is -4.80. The fourth-order valence-corrected chi connectivity index (χ4v) is 8.22. The van der Waals surface area contributed by atoms with Crippen molar-refractivity contribution in [3.63, 3.8) is 0 Å². The minimum Gasteiger partial charge on any atom is -1.00 e. The summed E-state index contributed by atoms with van der Waals surface area (Å²) in [6.07, 6.45) is 29.0. The van der Waals surface area contributed by atoms with Gasteiger partial charge in [-0.25, -0.2) is 0 Å². The van der Waals surface area contributed by atoms with E-state index in [1.165, 1.54) is 6.92 Å². The van der Waals surface area contributed by atoms with E-state index in [2.05, 4.69) is 67.2 Å². The van der Waals surface area contributed by atoms with E-state index < -0.39 is 10.4 Å². The third-order valence-electron chi connectivity index (χ3n) is 12.9. The summed E-state index contributed by atoms with van der Waals surface area (Å²) in [4.78, 5) is 40.9. The van der Waals surface area contributed by atoms with Crippen LogP contribution in [0.4, 0.5) is 0 Å². The van der Waals surface area contributed by atoms with Gasteiger partial charge in [0, 0.05) is 116 Å². The number of hydrogen-bond donors (Lipinski definition) is 7. The first-order valence-electron chi connectivity index (χ1n) is 32.8. The number of carbonyl (C=O) groups is 4. The average Bonchev–Trinajstić information content (AvgIpc) is 0.853. The second kappa shape index (κ2) is 88.8. The van der Waals surface area contributed by atoms with Gasteiger partial charge in [-0.2, -0.15) is 18.3 Å². The van der Waals surface area contributed by atoms with Crippen LogP contribution in [0.25, 0.3) is 0 Å². The van der Waals surface area contributed by atoms with Gasteiger partial charge in [0.1, 0.15) is 41.2 Å². The Morgan fingerprint density at radius 1 is 0.702 bits per heavy atom. The molecule has 0 spiro atoms. The zero-order valence-electron chi connectivity index (χ0n) is 66.2. The van der Waals surface area contributed by atoms with E-state index in [1.54, 1.807) is 41.4 Å². The van der Waals surface area contributed by atoms with Crippen LogP contribution in [0.2, 0.25) is 0 Å². The third kappa shape index (κ3) is 86.1. The van der Waals surface area contributed by atoms with Crippen LogP contribution < -0.4 is 67.7 Å². The summed E-state index contributed by atoms with van der Waals surface area (Å²) >= 11 is 0. The number of aldehydes is 1. The van der Waals surface area contributed by atoms with Gasteiger partial charge in [0.15, 0.2) is 0 Å². The minimum atomic E-state index is -4.67. The number of Topliss-reactive ketones (excluding diaryl/α,β-unsaturated/α-hetero) is 1. The van der Waals surface area contributed by atoms with Gasteiger partial charge in [-0.05, 0) is 132 Å². The molecule has 5 saturated heterocycles. The summed E-state index contributed by atoms with van der Waals surface area (Å²) in [6.45, 7) is 32.5. The molecule has 30 heteroatoms. The van der Waals surface area contributed by atoms with Gasteiger partial charge in [-0.15, -0.1) is 43.6 Å². The molecule has 7 rings (SSSR count). The van der Waals surface area contributed by atoms with Gasteiger partial charge in [0.05, 0.1) is 90.6 Å². The van der Waals surface area contributed by atoms with Gasteiger partial charge >= 0.3 is 60.1 Å². The zero-order valence-corrected chi connectivity index (χ0v) is 67.4. The van der Waals surface area contributed by atoms with Crippen LogP contribution in [-0.4, -0.2) is 194 Å². The molecule has 2 aromatic rings. The number of rotatable bonds is 16. The van der Waals surface area contributed by atoms with Crippen molar-refractivity contribution in [3.8, 4) is 60.0 Å².